The molecule has 1 aromatic rings. The Morgan fingerprint density at radius 3 is 2.71 bits per heavy atom. The van der Waals surface area contributed by atoms with Crippen LogP contribution in [0, 0.1) is 5.92 Å². The number of anilines is 1. The molecule has 0 spiro atoms. The van der Waals surface area contributed by atoms with Gasteiger partial charge in [0.15, 0.2) is 17.5 Å². The fraction of sp³-hybridized carbons (Fsp3) is 0.652. The second-order valence-corrected chi connectivity index (χ2v) is 9.23. The predicted octanol–water partition coefficient (Wildman–Crippen LogP) is 2.46. The summed E-state index contributed by atoms with van der Waals surface area (Å²) in [6.45, 7) is 13.6. The summed E-state index contributed by atoms with van der Waals surface area (Å²) < 4.78 is 11.5. The monoisotopic (exact) mass is 431 g/mol. The number of ether oxygens (including phenoxy) is 2. The van der Waals surface area contributed by atoms with Crippen molar-refractivity contribution in [2.75, 3.05) is 51.3 Å². The van der Waals surface area contributed by atoms with Crippen molar-refractivity contribution in [3.05, 3.63) is 18.2 Å². The van der Waals surface area contributed by atoms with E-state index in [2.05, 4.69) is 32.8 Å². The van der Waals surface area contributed by atoms with Gasteiger partial charge < -0.3 is 30.3 Å². The van der Waals surface area contributed by atoms with E-state index in [1.54, 1.807) is 0 Å². The lowest BCUT2D eigenvalue weighted by molar-refractivity contribution is -0.121. The van der Waals surface area contributed by atoms with Crippen molar-refractivity contribution in [2.45, 2.75) is 46.1 Å². The lowest BCUT2D eigenvalue weighted by Gasteiger charge is -2.20. The molecular weight excluding hydrogens is 394 g/mol. The number of guanidine groups is 1. The Labute approximate surface area is 185 Å². The topological polar surface area (TPSA) is 87.2 Å². The summed E-state index contributed by atoms with van der Waals surface area (Å²) in [6, 6.07) is 5.76. The van der Waals surface area contributed by atoms with Gasteiger partial charge in [0.25, 0.3) is 0 Å². The third-order valence-electron chi connectivity index (χ3n) is 5.28. The number of amides is 1. The van der Waals surface area contributed by atoms with E-state index in [1.165, 1.54) is 6.42 Å². The Morgan fingerprint density at radius 2 is 2.00 bits per heavy atom. The minimum Gasteiger partial charge on any atom is -0.490 e. The van der Waals surface area contributed by atoms with Crippen LogP contribution in [0.1, 0.15) is 40.5 Å². The van der Waals surface area contributed by atoms with Gasteiger partial charge in [0.2, 0.25) is 5.91 Å². The van der Waals surface area contributed by atoms with E-state index in [-0.39, 0.29) is 18.0 Å². The average molecular weight is 432 g/mol. The van der Waals surface area contributed by atoms with Crippen molar-refractivity contribution < 1.29 is 14.3 Å². The van der Waals surface area contributed by atoms with Crippen LogP contribution in [0.5, 0.6) is 11.5 Å². The summed E-state index contributed by atoms with van der Waals surface area (Å²) in [5.41, 5.74) is 0.559. The van der Waals surface area contributed by atoms with Crippen LogP contribution in [0.4, 0.5) is 5.69 Å². The number of hydrogen-bond acceptors (Lipinski definition) is 5. The maximum Gasteiger partial charge on any atom is 0.242 e. The first-order chi connectivity index (χ1) is 14.8. The van der Waals surface area contributed by atoms with Crippen LogP contribution >= 0.6 is 0 Å². The second kappa shape index (κ2) is 10.7. The van der Waals surface area contributed by atoms with E-state index in [9.17, 15) is 4.79 Å². The highest BCUT2D eigenvalue weighted by Crippen LogP contribution is 2.32. The molecule has 8 nitrogen and oxygen atoms in total. The van der Waals surface area contributed by atoms with Crippen LogP contribution in [0.25, 0.3) is 0 Å². The van der Waals surface area contributed by atoms with Crippen molar-refractivity contribution in [1.82, 2.24) is 15.5 Å². The molecule has 1 amide bonds. The number of likely N-dealkylation sites (tertiary alicyclic amines) is 1. The maximum absolute atomic E-state index is 12.3. The average Bonchev–Trinajstić information content (AvgIpc) is 3.05. The van der Waals surface area contributed by atoms with Gasteiger partial charge in [0.05, 0.1) is 13.2 Å². The molecule has 2 heterocycles. The largest absolute Gasteiger partial charge is 0.490 e. The zero-order chi connectivity index (χ0) is 22.3. The Balaban J connectivity index is 1.66. The van der Waals surface area contributed by atoms with Gasteiger partial charge in [0, 0.05) is 36.8 Å². The fourth-order valence-corrected chi connectivity index (χ4v) is 3.73. The maximum atomic E-state index is 12.3. The lowest BCUT2D eigenvalue weighted by Crippen LogP contribution is -2.42. The number of aliphatic imine (C=N–C) groups is 1. The highest BCUT2D eigenvalue weighted by atomic mass is 16.5. The highest BCUT2D eigenvalue weighted by molar-refractivity contribution is 5.95. The van der Waals surface area contributed by atoms with Gasteiger partial charge >= 0.3 is 0 Å². The van der Waals surface area contributed by atoms with Crippen molar-refractivity contribution in [1.29, 1.82) is 0 Å². The van der Waals surface area contributed by atoms with E-state index in [4.69, 9.17) is 9.47 Å². The van der Waals surface area contributed by atoms with Crippen LogP contribution in [0.15, 0.2) is 23.2 Å². The Bertz CT molecular complexity index is 775. The van der Waals surface area contributed by atoms with Crippen molar-refractivity contribution in [3.63, 3.8) is 0 Å². The molecule has 2 aliphatic heterocycles. The zero-order valence-corrected chi connectivity index (χ0v) is 19.3. The molecule has 0 radical (unpaired) electrons. The van der Waals surface area contributed by atoms with Gasteiger partial charge in [-0.25, -0.2) is 4.99 Å². The SMILES string of the molecule is CCN1CCC(CNC(=NCC(=O)NC(C)(C)C)Nc2ccc3c(c2)OCCCO3)C1. The van der Waals surface area contributed by atoms with Crippen LogP contribution in [0.3, 0.4) is 0 Å². The van der Waals surface area contributed by atoms with E-state index < -0.39 is 0 Å². The number of carbonyl (C=O) groups is 1. The van der Waals surface area contributed by atoms with Crippen LogP contribution in [-0.2, 0) is 4.79 Å². The van der Waals surface area contributed by atoms with E-state index in [1.807, 2.05) is 39.0 Å². The van der Waals surface area contributed by atoms with Gasteiger partial charge in [-0.15, -0.1) is 0 Å². The van der Waals surface area contributed by atoms with E-state index in [0.29, 0.717) is 25.1 Å². The van der Waals surface area contributed by atoms with E-state index in [0.717, 1.165) is 49.8 Å². The standard InChI is InChI=1S/C23H37N5O3/c1-5-28-10-9-17(16-28)14-24-22(25-15-21(29)27-23(2,3)4)26-18-7-8-19-20(13-18)31-12-6-11-30-19/h7-8,13,17H,5-6,9-12,14-16H2,1-4H3,(H,27,29)(H2,24,25,26). The van der Waals surface area contributed by atoms with Crippen molar-refractivity contribution >= 4 is 17.6 Å². The van der Waals surface area contributed by atoms with Crippen molar-refractivity contribution in [3.8, 4) is 11.5 Å². The van der Waals surface area contributed by atoms with Gasteiger partial charge in [-0.1, -0.05) is 6.92 Å². The minimum atomic E-state index is -0.282. The molecule has 0 saturated carbocycles. The molecule has 8 heteroatoms. The fourth-order valence-electron chi connectivity index (χ4n) is 3.73. The third kappa shape index (κ3) is 7.61. The van der Waals surface area contributed by atoms with Crippen LogP contribution in [-0.4, -0.2) is 68.2 Å². The quantitative estimate of drug-likeness (QED) is 0.474. The molecule has 172 valence electrons. The molecule has 3 N–H and O–H groups in total. The van der Waals surface area contributed by atoms with Crippen LogP contribution < -0.4 is 25.4 Å². The van der Waals surface area contributed by atoms with Gasteiger partial charge in [-0.3, -0.25) is 4.79 Å². The van der Waals surface area contributed by atoms with Crippen molar-refractivity contribution in [2.24, 2.45) is 10.9 Å². The molecule has 1 atom stereocenters. The number of nitrogens with zero attached hydrogens (tertiary/aromatic N) is 2. The first-order valence-corrected chi connectivity index (χ1v) is 11.3. The first kappa shape index (κ1) is 23.2. The summed E-state index contributed by atoms with van der Waals surface area (Å²) in [4.78, 5) is 19.3. The van der Waals surface area contributed by atoms with E-state index >= 15 is 0 Å². The summed E-state index contributed by atoms with van der Waals surface area (Å²) in [5, 5.41) is 9.70. The predicted molar refractivity (Wildman–Crippen MR) is 124 cm³/mol. The molecule has 0 bridgehead atoms. The summed E-state index contributed by atoms with van der Waals surface area (Å²) in [5.74, 6) is 2.53. The number of hydrogen-bond donors (Lipinski definition) is 3. The number of nitrogens with one attached hydrogen (secondary N) is 3. The smallest absolute Gasteiger partial charge is 0.242 e. The molecule has 1 unspecified atom stereocenters. The van der Waals surface area contributed by atoms with Crippen LogP contribution in [0.2, 0.25) is 0 Å². The number of carbonyl (C=O) groups excluding carboxylic acids is 1. The molecule has 1 saturated heterocycles. The lowest BCUT2D eigenvalue weighted by atomic mass is 10.1. The summed E-state index contributed by atoms with van der Waals surface area (Å²) in [6.07, 6.45) is 2.04. The molecular formula is C23H37N5O3. The third-order valence-corrected chi connectivity index (χ3v) is 5.28. The molecule has 31 heavy (non-hydrogen) atoms. The number of benzene rings is 1. The zero-order valence-electron chi connectivity index (χ0n) is 19.3. The van der Waals surface area contributed by atoms with Gasteiger partial charge in [-0.2, -0.15) is 0 Å². The molecule has 2 aliphatic rings. The first-order valence-electron chi connectivity index (χ1n) is 11.3. The molecule has 3 rings (SSSR count). The Kier molecular flexibility index (Phi) is 8.01. The molecule has 0 aromatic heterocycles. The summed E-state index contributed by atoms with van der Waals surface area (Å²) >= 11 is 0. The number of fused-ring (bicyclic) bond motifs is 1. The van der Waals surface area contributed by atoms with Gasteiger partial charge in [-0.05, 0) is 58.3 Å². The highest BCUT2D eigenvalue weighted by Gasteiger charge is 2.21. The Hall–Kier alpha value is -2.48. The molecule has 0 aliphatic carbocycles. The second-order valence-electron chi connectivity index (χ2n) is 9.23. The molecule has 1 fully saturated rings. The minimum absolute atomic E-state index is 0.0584. The molecule has 1 aromatic carbocycles. The normalized spacial score (nSPS) is 19.6. The van der Waals surface area contributed by atoms with Gasteiger partial charge in [0.1, 0.15) is 6.54 Å². The summed E-state index contributed by atoms with van der Waals surface area (Å²) in [7, 11) is 0. The Morgan fingerprint density at radius 1 is 1.23 bits per heavy atom. The number of rotatable bonds is 6.